The van der Waals surface area contributed by atoms with Crippen LogP contribution in [0.1, 0.15) is 71.6 Å². The average Bonchev–Trinajstić information content (AvgIpc) is 2.32. The lowest BCUT2D eigenvalue weighted by Gasteiger charge is -2.53. The maximum Gasteiger partial charge on any atom is 0.0686 e. The van der Waals surface area contributed by atoms with Crippen LogP contribution in [0, 0.1) is 11.3 Å². The lowest BCUT2D eigenvalue weighted by atomic mass is 9.60. The van der Waals surface area contributed by atoms with E-state index in [1.807, 2.05) is 0 Å². The summed E-state index contributed by atoms with van der Waals surface area (Å²) in [6.45, 7) is 5.74. The van der Waals surface area contributed by atoms with Crippen LogP contribution in [0.4, 0.5) is 0 Å². The van der Waals surface area contributed by atoms with Crippen LogP contribution in [0.15, 0.2) is 0 Å². The SMILES string of the molecule is CC1(C)CCC(N)(C2CCOC3(CCC3)C2)CC1. The fourth-order valence-corrected chi connectivity index (χ4v) is 4.24. The Bertz CT molecular complexity index is 309. The van der Waals surface area contributed by atoms with Gasteiger partial charge in [-0.3, -0.25) is 0 Å². The zero-order chi connectivity index (χ0) is 12.9. The van der Waals surface area contributed by atoms with Crippen molar-refractivity contribution in [1.82, 2.24) is 0 Å². The number of rotatable bonds is 1. The van der Waals surface area contributed by atoms with Gasteiger partial charge in [0.05, 0.1) is 5.60 Å². The van der Waals surface area contributed by atoms with Crippen molar-refractivity contribution in [2.45, 2.75) is 82.8 Å². The van der Waals surface area contributed by atoms with Crippen molar-refractivity contribution < 1.29 is 4.74 Å². The van der Waals surface area contributed by atoms with Gasteiger partial charge in [0.15, 0.2) is 0 Å². The molecule has 2 heteroatoms. The van der Waals surface area contributed by atoms with Crippen LogP contribution in [0.2, 0.25) is 0 Å². The normalized spacial score (nSPS) is 37.2. The third-order valence-electron chi connectivity index (χ3n) is 6.11. The summed E-state index contributed by atoms with van der Waals surface area (Å²) in [5.74, 6) is 0.711. The van der Waals surface area contributed by atoms with E-state index in [1.54, 1.807) is 0 Å². The summed E-state index contributed by atoms with van der Waals surface area (Å²) < 4.78 is 6.05. The summed E-state index contributed by atoms with van der Waals surface area (Å²) in [5.41, 5.74) is 7.68. The standard InChI is InChI=1S/C16H29NO/c1-14(2)7-9-16(17,10-8-14)13-4-11-18-15(12-13)5-3-6-15/h13H,3-12,17H2,1-2H3. The van der Waals surface area contributed by atoms with Crippen molar-refractivity contribution >= 4 is 0 Å². The van der Waals surface area contributed by atoms with E-state index in [4.69, 9.17) is 10.5 Å². The average molecular weight is 251 g/mol. The van der Waals surface area contributed by atoms with Crippen LogP contribution >= 0.6 is 0 Å². The van der Waals surface area contributed by atoms with Crippen molar-refractivity contribution in [1.29, 1.82) is 0 Å². The minimum Gasteiger partial charge on any atom is -0.375 e. The minimum atomic E-state index is 0.113. The van der Waals surface area contributed by atoms with Crippen LogP contribution in [0.3, 0.4) is 0 Å². The first kappa shape index (κ1) is 12.9. The van der Waals surface area contributed by atoms with Gasteiger partial charge >= 0.3 is 0 Å². The van der Waals surface area contributed by atoms with Crippen molar-refractivity contribution in [3.8, 4) is 0 Å². The molecule has 1 aliphatic heterocycles. The van der Waals surface area contributed by atoms with E-state index in [0.29, 0.717) is 11.3 Å². The Hall–Kier alpha value is -0.0800. The highest BCUT2D eigenvalue weighted by Gasteiger charge is 2.49. The molecular formula is C16H29NO. The van der Waals surface area contributed by atoms with Gasteiger partial charge in [0.25, 0.3) is 0 Å². The third kappa shape index (κ3) is 2.22. The van der Waals surface area contributed by atoms with Gasteiger partial charge in [-0.05, 0) is 69.1 Å². The molecule has 2 saturated carbocycles. The van der Waals surface area contributed by atoms with Gasteiger partial charge < -0.3 is 10.5 Å². The maximum atomic E-state index is 6.80. The zero-order valence-electron chi connectivity index (χ0n) is 12.1. The fraction of sp³-hybridized carbons (Fsp3) is 1.00. The minimum absolute atomic E-state index is 0.113. The lowest BCUT2D eigenvalue weighted by Crippen LogP contribution is -2.57. The van der Waals surface area contributed by atoms with E-state index in [1.165, 1.54) is 57.8 Å². The Balaban J connectivity index is 1.66. The molecule has 2 N–H and O–H groups in total. The van der Waals surface area contributed by atoms with Crippen molar-refractivity contribution in [2.24, 2.45) is 17.1 Å². The largest absolute Gasteiger partial charge is 0.375 e. The second-order valence-electron chi connectivity index (χ2n) is 7.97. The molecular weight excluding hydrogens is 222 g/mol. The maximum absolute atomic E-state index is 6.80. The highest BCUT2D eigenvalue weighted by molar-refractivity contribution is 5.03. The van der Waals surface area contributed by atoms with Gasteiger partial charge in [-0.1, -0.05) is 13.8 Å². The molecule has 0 aromatic rings. The van der Waals surface area contributed by atoms with E-state index < -0.39 is 0 Å². The van der Waals surface area contributed by atoms with Crippen molar-refractivity contribution in [3.63, 3.8) is 0 Å². The van der Waals surface area contributed by atoms with Crippen LogP contribution < -0.4 is 5.73 Å². The molecule has 1 spiro atoms. The second-order valence-corrected chi connectivity index (χ2v) is 7.97. The third-order valence-corrected chi connectivity index (χ3v) is 6.11. The van der Waals surface area contributed by atoms with Crippen LogP contribution in [0.25, 0.3) is 0 Å². The lowest BCUT2D eigenvalue weighted by molar-refractivity contribution is -0.155. The van der Waals surface area contributed by atoms with Crippen LogP contribution in [-0.2, 0) is 4.74 Å². The van der Waals surface area contributed by atoms with Gasteiger partial charge in [-0.2, -0.15) is 0 Å². The highest BCUT2D eigenvalue weighted by atomic mass is 16.5. The summed E-state index contributed by atoms with van der Waals surface area (Å²) >= 11 is 0. The van der Waals surface area contributed by atoms with Gasteiger partial charge in [-0.15, -0.1) is 0 Å². The number of ether oxygens (including phenoxy) is 1. The van der Waals surface area contributed by atoms with Crippen molar-refractivity contribution in [3.05, 3.63) is 0 Å². The number of hydrogen-bond donors (Lipinski definition) is 1. The molecule has 0 amide bonds. The van der Waals surface area contributed by atoms with Gasteiger partial charge in [0.1, 0.15) is 0 Å². The molecule has 3 fully saturated rings. The molecule has 0 aromatic carbocycles. The highest BCUT2D eigenvalue weighted by Crippen LogP contribution is 2.50. The summed E-state index contributed by atoms with van der Waals surface area (Å²) in [5, 5.41) is 0. The Labute approximate surface area is 112 Å². The fourth-order valence-electron chi connectivity index (χ4n) is 4.24. The molecule has 1 unspecified atom stereocenters. The first-order valence-electron chi connectivity index (χ1n) is 7.86. The molecule has 18 heavy (non-hydrogen) atoms. The van der Waals surface area contributed by atoms with Gasteiger partial charge in [0.2, 0.25) is 0 Å². The van der Waals surface area contributed by atoms with E-state index in [0.717, 1.165) is 6.61 Å². The Morgan fingerprint density at radius 3 is 2.22 bits per heavy atom. The molecule has 1 heterocycles. The Morgan fingerprint density at radius 1 is 1.00 bits per heavy atom. The van der Waals surface area contributed by atoms with E-state index in [9.17, 15) is 0 Å². The van der Waals surface area contributed by atoms with E-state index in [-0.39, 0.29) is 11.1 Å². The molecule has 1 atom stereocenters. The monoisotopic (exact) mass is 251 g/mol. The molecule has 1 saturated heterocycles. The van der Waals surface area contributed by atoms with Crippen molar-refractivity contribution in [2.75, 3.05) is 6.61 Å². The molecule has 0 radical (unpaired) electrons. The predicted molar refractivity (Wildman–Crippen MR) is 74.4 cm³/mol. The Morgan fingerprint density at radius 2 is 1.67 bits per heavy atom. The quantitative estimate of drug-likeness (QED) is 0.772. The predicted octanol–water partition coefficient (Wildman–Crippen LogP) is 3.63. The molecule has 3 aliphatic rings. The molecule has 0 bridgehead atoms. The van der Waals surface area contributed by atoms with Gasteiger partial charge in [-0.25, -0.2) is 0 Å². The smallest absolute Gasteiger partial charge is 0.0686 e. The summed E-state index contributed by atoms with van der Waals surface area (Å²) in [6.07, 6.45) is 11.4. The molecule has 2 aliphatic carbocycles. The van der Waals surface area contributed by atoms with E-state index in [2.05, 4.69) is 13.8 Å². The zero-order valence-corrected chi connectivity index (χ0v) is 12.1. The second kappa shape index (κ2) is 4.21. The molecule has 104 valence electrons. The topological polar surface area (TPSA) is 35.2 Å². The summed E-state index contributed by atoms with van der Waals surface area (Å²) in [6, 6.07) is 0. The van der Waals surface area contributed by atoms with Crippen LogP contribution in [-0.4, -0.2) is 17.7 Å². The molecule has 0 aromatic heterocycles. The van der Waals surface area contributed by atoms with Crippen LogP contribution in [0.5, 0.6) is 0 Å². The first-order chi connectivity index (χ1) is 8.43. The number of hydrogen-bond acceptors (Lipinski definition) is 2. The van der Waals surface area contributed by atoms with Gasteiger partial charge in [0, 0.05) is 12.1 Å². The Kier molecular flexibility index (Phi) is 3.02. The molecule has 3 rings (SSSR count). The first-order valence-corrected chi connectivity index (χ1v) is 7.86. The van der Waals surface area contributed by atoms with E-state index >= 15 is 0 Å². The summed E-state index contributed by atoms with van der Waals surface area (Å²) in [7, 11) is 0. The number of nitrogens with two attached hydrogens (primary N) is 1. The molecule has 2 nitrogen and oxygen atoms in total. The summed E-state index contributed by atoms with van der Waals surface area (Å²) in [4.78, 5) is 0.